The van der Waals surface area contributed by atoms with Crippen LogP contribution in [-0.2, 0) is 6.54 Å². The van der Waals surface area contributed by atoms with E-state index in [1.807, 2.05) is 25.1 Å². The number of pyridine rings is 1. The zero-order chi connectivity index (χ0) is 27.7. The summed E-state index contributed by atoms with van der Waals surface area (Å²) in [6.45, 7) is 5.69. The van der Waals surface area contributed by atoms with Gasteiger partial charge in [-0.15, -0.1) is 0 Å². The Morgan fingerprint density at radius 1 is 1.11 bits per heavy atom. The maximum atomic E-state index is 13.3. The van der Waals surface area contributed by atoms with Crippen molar-refractivity contribution in [2.24, 2.45) is 0 Å². The number of methoxy groups -OCH3 is 1. The fourth-order valence-electron chi connectivity index (χ4n) is 4.13. The summed E-state index contributed by atoms with van der Waals surface area (Å²) in [6.07, 6.45) is 5.43. The fraction of sp³-hybridized carbons (Fsp3) is 0.276. The lowest BCUT2D eigenvalue weighted by atomic mass is 9.91. The highest BCUT2D eigenvalue weighted by Gasteiger charge is 2.20. The van der Waals surface area contributed by atoms with Gasteiger partial charge in [0.2, 0.25) is 0 Å². The number of nitrogens with two attached hydrogens (primary N) is 1. The molecule has 4 rings (SSSR count). The van der Waals surface area contributed by atoms with Crippen molar-refractivity contribution < 1.29 is 23.1 Å². The maximum Gasteiger partial charge on any atom is 0.253 e. The van der Waals surface area contributed by atoms with Gasteiger partial charge in [-0.1, -0.05) is 24.3 Å². The van der Waals surface area contributed by atoms with Gasteiger partial charge >= 0.3 is 0 Å². The predicted molar refractivity (Wildman–Crippen MR) is 143 cm³/mol. The first-order valence-corrected chi connectivity index (χ1v) is 12.2. The summed E-state index contributed by atoms with van der Waals surface area (Å²) in [4.78, 5) is 27.8. The Labute approximate surface area is 221 Å². The molecule has 1 fully saturated rings. The molecular formula is C29H32F2N4O3. The number of rotatable bonds is 6. The van der Waals surface area contributed by atoms with E-state index in [-0.39, 0.29) is 35.4 Å². The first kappa shape index (κ1) is 28.3. The van der Waals surface area contributed by atoms with Crippen LogP contribution in [0.3, 0.4) is 0 Å². The van der Waals surface area contributed by atoms with E-state index in [1.165, 1.54) is 30.0 Å². The summed E-state index contributed by atoms with van der Waals surface area (Å²) in [5, 5.41) is 5.52. The molecule has 1 heterocycles. The number of ether oxygens (including phenoxy) is 1. The summed E-state index contributed by atoms with van der Waals surface area (Å²) < 4.78 is 31.9. The lowest BCUT2D eigenvalue weighted by molar-refractivity contribution is 0.0928. The lowest BCUT2D eigenvalue weighted by Crippen LogP contribution is -2.36. The maximum absolute atomic E-state index is 13.3. The van der Waals surface area contributed by atoms with Gasteiger partial charge < -0.3 is 21.1 Å². The van der Waals surface area contributed by atoms with Crippen molar-refractivity contribution in [2.45, 2.75) is 45.2 Å². The molecule has 1 unspecified atom stereocenters. The van der Waals surface area contributed by atoms with E-state index in [1.54, 1.807) is 7.11 Å². The first-order chi connectivity index (χ1) is 18.2. The normalized spacial score (nSPS) is 14.6. The summed E-state index contributed by atoms with van der Waals surface area (Å²) in [6, 6.07) is 12.3. The van der Waals surface area contributed by atoms with Crippen LogP contribution >= 0.6 is 0 Å². The molecule has 0 aliphatic heterocycles. The zero-order valence-corrected chi connectivity index (χ0v) is 21.5. The van der Waals surface area contributed by atoms with Crippen LogP contribution in [0.5, 0.6) is 5.75 Å². The Bertz CT molecular complexity index is 1280. The van der Waals surface area contributed by atoms with Gasteiger partial charge in [-0.2, -0.15) is 0 Å². The van der Waals surface area contributed by atoms with Crippen LogP contribution < -0.4 is 21.1 Å². The van der Waals surface area contributed by atoms with Gasteiger partial charge in [0.1, 0.15) is 23.2 Å². The number of nitrogens with one attached hydrogen (secondary N) is 2. The quantitative estimate of drug-likeness (QED) is 0.391. The predicted octanol–water partition coefficient (Wildman–Crippen LogP) is 5.10. The molecule has 38 heavy (non-hydrogen) atoms. The average molecular weight is 523 g/mol. The molecule has 1 aromatic heterocycles. The Morgan fingerprint density at radius 3 is 2.45 bits per heavy atom. The van der Waals surface area contributed by atoms with Crippen LogP contribution in [0.25, 0.3) is 0 Å². The van der Waals surface area contributed by atoms with E-state index in [9.17, 15) is 18.4 Å². The Morgan fingerprint density at radius 2 is 1.82 bits per heavy atom. The summed E-state index contributed by atoms with van der Waals surface area (Å²) in [5.74, 6) is -0.852. The van der Waals surface area contributed by atoms with Crippen LogP contribution in [0, 0.1) is 18.6 Å². The number of amides is 2. The van der Waals surface area contributed by atoms with Gasteiger partial charge in [0.25, 0.3) is 11.8 Å². The molecule has 1 aliphatic rings. The van der Waals surface area contributed by atoms with Crippen LogP contribution in [0.2, 0.25) is 0 Å². The molecule has 3 aromatic rings. The molecule has 9 heteroatoms. The van der Waals surface area contributed by atoms with Crippen molar-refractivity contribution in [3.63, 3.8) is 0 Å². The number of carbonyl (C=O) groups excluding carboxylic acids is 2. The second-order valence-electron chi connectivity index (χ2n) is 9.00. The zero-order valence-electron chi connectivity index (χ0n) is 21.5. The van der Waals surface area contributed by atoms with E-state index < -0.39 is 17.5 Å². The van der Waals surface area contributed by atoms with Crippen LogP contribution in [-0.4, -0.2) is 29.9 Å². The van der Waals surface area contributed by atoms with E-state index >= 15 is 0 Å². The number of halogens is 2. The molecule has 1 atom stereocenters. The molecule has 2 amide bonds. The van der Waals surface area contributed by atoms with E-state index in [4.69, 9.17) is 10.5 Å². The molecular weight excluding hydrogens is 490 g/mol. The highest BCUT2D eigenvalue weighted by Crippen LogP contribution is 2.24. The van der Waals surface area contributed by atoms with Crippen molar-refractivity contribution in [2.75, 3.05) is 12.8 Å². The number of carbonyl (C=O) groups is 2. The number of aromatic nitrogens is 1. The lowest BCUT2D eigenvalue weighted by Gasteiger charge is -2.25. The van der Waals surface area contributed by atoms with Gasteiger partial charge in [-0.3, -0.25) is 9.59 Å². The van der Waals surface area contributed by atoms with Gasteiger partial charge in [0.05, 0.1) is 12.7 Å². The van der Waals surface area contributed by atoms with Crippen LogP contribution in [0.1, 0.15) is 57.5 Å². The van der Waals surface area contributed by atoms with E-state index in [0.29, 0.717) is 5.56 Å². The minimum atomic E-state index is -0.698. The molecule has 4 N–H and O–H groups in total. The third kappa shape index (κ3) is 7.61. The van der Waals surface area contributed by atoms with Crippen LogP contribution in [0.4, 0.5) is 14.6 Å². The molecule has 1 saturated carbocycles. The molecule has 200 valence electrons. The third-order valence-corrected chi connectivity index (χ3v) is 6.24. The smallest absolute Gasteiger partial charge is 0.253 e. The number of benzene rings is 2. The minimum absolute atomic E-state index is 0.0175. The van der Waals surface area contributed by atoms with Gasteiger partial charge in [0.15, 0.2) is 0 Å². The van der Waals surface area contributed by atoms with Crippen LogP contribution in [0.15, 0.2) is 66.9 Å². The summed E-state index contributed by atoms with van der Waals surface area (Å²) >= 11 is 0. The molecule has 0 bridgehead atoms. The Kier molecular flexibility index (Phi) is 9.92. The molecule has 7 nitrogen and oxygen atoms in total. The second kappa shape index (κ2) is 13.3. The topological polar surface area (TPSA) is 106 Å². The number of hydrogen-bond donors (Lipinski definition) is 3. The van der Waals surface area contributed by atoms with Gasteiger partial charge in [-0.25, -0.2) is 13.8 Å². The molecule has 2 aromatic carbocycles. The highest BCUT2D eigenvalue weighted by molar-refractivity contribution is 5.96. The van der Waals surface area contributed by atoms with Gasteiger partial charge in [-0.05, 0) is 69.0 Å². The Hall–Kier alpha value is -4.27. The fourth-order valence-corrected chi connectivity index (χ4v) is 4.13. The number of hydrogen-bond acceptors (Lipinski definition) is 5. The molecule has 0 spiro atoms. The summed E-state index contributed by atoms with van der Waals surface area (Å²) in [7, 11) is 1.62. The van der Waals surface area contributed by atoms with Crippen molar-refractivity contribution in [1.29, 1.82) is 0 Å². The minimum Gasteiger partial charge on any atom is -0.496 e. The van der Waals surface area contributed by atoms with E-state index in [2.05, 4.69) is 22.2 Å². The third-order valence-electron chi connectivity index (χ3n) is 6.24. The number of nitrogen functional groups attached to an aromatic ring is 1. The van der Waals surface area contributed by atoms with Crippen molar-refractivity contribution in [1.82, 2.24) is 15.6 Å². The molecule has 0 radical (unpaired) electrons. The second-order valence-corrected chi connectivity index (χ2v) is 9.00. The molecule has 0 saturated heterocycles. The Balaban J connectivity index is 0.000000211. The largest absolute Gasteiger partial charge is 0.496 e. The standard InChI is InChI=1S/C16H21NO2.C13H11F2N3O/c1-11-6-4-7-13(10-11)17-16(18)14-8-5-9-15(19-3)12(14)2;14-10-2-1-3-11(15)9(10)7-18-13(19)8-4-5-12(16)17-6-8/h5,8-9,13H,1,4,6-7,10H2,2-3H3,(H,17,18);1-6H,7H2,(H2,16,17)(H,18,19). The first-order valence-electron chi connectivity index (χ1n) is 12.2. The molecule has 1 aliphatic carbocycles. The highest BCUT2D eigenvalue weighted by atomic mass is 19.1. The van der Waals surface area contributed by atoms with Crippen molar-refractivity contribution in [3.8, 4) is 5.75 Å². The van der Waals surface area contributed by atoms with Gasteiger partial charge in [0, 0.05) is 35.5 Å². The summed E-state index contributed by atoms with van der Waals surface area (Å²) in [5.41, 5.74) is 8.29. The SMILES string of the molecule is C=C1CCCC(NC(=O)c2cccc(OC)c2C)C1.Nc1ccc(C(=O)NCc2c(F)cccc2F)cn1. The number of nitrogens with zero attached hydrogens (tertiary/aromatic N) is 1. The van der Waals surface area contributed by atoms with E-state index in [0.717, 1.165) is 49.1 Å². The average Bonchev–Trinajstić information content (AvgIpc) is 2.89. The van der Waals surface area contributed by atoms with Crippen molar-refractivity contribution in [3.05, 3.63) is 101 Å². The number of anilines is 1. The monoisotopic (exact) mass is 522 g/mol. The van der Waals surface area contributed by atoms with Crippen molar-refractivity contribution >= 4 is 17.6 Å².